The van der Waals surface area contributed by atoms with E-state index in [1.165, 1.54) is 0 Å². The highest BCUT2D eigenvalue weighted by Gasteiger charge is 2.34. The Balaban J connectivity index is 2.18. The van der Waals surface area contributed by atoms with Crippen LogP contribution in [0.25, 0.3) is 10.9 Å². The van der Waals surface area contributed by atoms with E-state index in [4.69, 9.17) is 0 Å². The van der Waals surface area contributed by atoms with Gasteiger partial charge < -0.3 is 9.88 Å². The van der Waals surface area contributed by atoms with Crippen molar-refractivity contribution in [1.29, 1.82) is 0 Å². The van der Waals surface area contributed by atoms with Crippen LogP contribution in [-0.2, 0) is 6.18 Å². The van der Waals surface area contributed by atoms with E-state index in [0.29, 0.717) is 6.07 Å². The number of anilines is 1. The molecular weight excluding hydrogens is 305 g/mol. The van der Waals surface area contributed by atoms with Crippen molar-refractivity contribution >= 4 is 16.6 Å². The molecule has 0 spiro atoms. The maximum absolute atomic E-state index is 13.3. The van der Waals surface area contributed by atoms with Gasteiger partial charge in [0, 0.05) is 34.7 Å². The summed E-state index contributed by atoms with van der Waals surface area (Å²) in [5.41, 5.74) is -0.631. The zero-order chi connectivity index (χ0) is 16.8. The first-order chi connectivity index (χ1) is 10.8. The normalized spacial score (nSPS) is 22.6. The van der Waals surface area contributed by atoms with Crippen LogP contribution in [0.1, 0.15) is 38.7 Å². The summed E-state index contributed by atoms with van der Waals surface area (Å²) in [5, 5.41) is 0.0413. The fraction of sp³-hybridized carbons (Fsp3) is 0.471. The lowest BCUT2D eigenvalue weighted by molar-refractivity contribution is -0.136. The fourth-order valence-electron chi connectivity index (χ4n) is 3.57. The number of nitrogens with zero attached hydrogens (tertiary/aromatic N) is 1. The van der Waals surface area contributed by atoms with Crippen LogP contribution in [0.15, 0.2) is 29.1 Å². The molecule has 23 heavy (non-hydrogen) atoms. The van der Waals surface area contributed by atoms with Gasteiger partial charge in [-0.05, 0) is 51.3 Å². The largest absolute Gasteiger partial charge is 0.417 e. The number of fused-ring (bicyclic) bond motifs is 1. The Morgan fingerprint density at radius 2 is 1.78 bits per heavy atom. The van der Waals surface area contributed by atoms with Crippen molar-refractivity contribution in [3.63, 3.8) is 0 Å². The summed E-state index contributed by atoms with van der Waals surface area (Å²) >= 11 is 0. The minimum atomic E-state index is -4.55. The molecule has 2 atom stereocenters. The van der Waals surface area contributed by atoms with E-state index in [-0.39, 0.29) is 23.0 Å². The van der Waals surface area contributed by atoms with E-state index in [9.17, 15) is 18.0 Å². The van der Waals surface area contributed by atoms with Crippen molar-refractivity contribution in [2.24, 2.45) is 0 Å². The van der Waals surface area contributed by atoms with E-state index in [2.05, 4.69) is 23.7 Å². The molecular formula is C17H19F3N2O. The van der Waals surface area contributed by atoms with Gasteiger partial charge in [-0.25, -0.2) is 0 Å². The van der Waals surface area contributed by atoms with Gasteiger partial charge in [0.25, 0.3) is 0 Å². The fourth-order valence-corrected chi connectivity index (χ4v) is 3.57. The van der Waals surface area contributed by atoms with Crippen molar-refractivity contribution in [2.45, 2.75) is 51.4 Å². The zero-order valence-corrected chi connectivity index (χ0v) is 13.1. The van der Waals surface area contributed by atoms with Gasteiger partial charge in [-0.15, -0.1) is 0 Å². The second-order valence-electron chi connectivity index (χ2n) is 6.31. The average Bonchev–Trinajstić information content (AvgIpc) is 2.45. The topological polar surface area (TPSA) is 36.1 Å². The zero-order valence-electron chi connectivity index (χ0n) is 13.1. The van der Waals surface area contributed by atoms with Gasteiger partial charge in [0.1, 0.15) is 0 Å². The second kappa shape index (κ2) is 5.58. The molecule has 0 saturated carbocycles. The van der Waals surface area contributed by atoms with Crippen molar-refractivity contribution in [3.8, 4) is 0 Å². The lowest BCUT2D eigenvalue weighted by Gasteiger charge is -2.41. The van der Waals surface area contributed by atoms with Gasteiger partial charge in [0.15, 0.2) is 0 Å². The molecule has 2 heterocycles. The number of hydrogen-bond acceptors (Lipinski definition) is 2. The van der Waals surface area contributed by atoms with Crippen molar-refractivity contribution in [1.82, 2.24) is 4.98 Å². The number of piperidine rings is 1. The Labute approximate surface area is 132 Å². The van der Waals surface area contributed by atoms with Crippen LogP contribution < -0.4 is 10.5 Å². The molecule has 0 bridgehead atoms. The first-order valence-corrected chi connectivity index (χ1v) is 7.80. The lowest BCUT2D eigenvalue weighted by Crippen LogP contribution is -2.43. The number of aromatic nitrogens is 1. The number of halogens is 3. The minimum Gasteiger partial charge on any atom is -0.366 e. The van der Waals surface area contributed by atoms with Crippen LogP contribution in [0.2, 0.25) is 0 Å². The molecule has 3 nitrogen and oxygen atoms in total. The summed E-state index contributed by atoms with van der Waals surface area (Å²) in [4.78, 5) is 16.1. The first kappa shape index (κ1) is 15.9. The molecule has 0 amide bonds. The number of H-pyrrole nitrogens is 1. The number of pyridine rings is 1. The number of benzene rings is 1. The summed E-state index contributed by atoms with van der Waals surface area (Å²) in [6.07, 6.45) is -1.36. The van der Waals surface area contributed by atoms with Crippen molar-refractivity contribution in [3.05, 3.63) is 40.2 Å². The van der Waals surface area contributed by atoms with Gasteiger partial charge in [0.2, 0.25) is 5.56 Å². The highest BCUT2D eigenvalue weighted by Crippen LogP contribution is 2.36. The van der Waals surface area contributed by atoms with Crippen LogP contribution in [0, 0.1) is 0 Å². The SMILES string of the molecule is C[C@@H]1CCC[C@H](C)N1c1ccc2[nH]c(=O)cc(C(F)(F)F)c2c1. The molecule has 0 unspecified atom stereocenters. The molecule has 1 aliphatic heterocycles. The predicted octanol–water partition coefficient (Wildman–Crippen LogP) is 4.31. The molecule has 1 saturated heterocycles. The second-order valence-corrected chi connectivity index (χ2v) is 6.31. The minimum absolute atomic E-state index is 0.0413. The Bertz CT molecular complexity index is 771. The lowest BCUT2D eigenvalue weighted by atomic mass is 9.96. The molecule has 6 heteroatoms. The molecule has 2 aromatic rings. The molecule has 1 aromatic heterocycles. The van der Waals surface area contributed by atoms with E-state index >= 15 is 0 Å². The molecule has 0 aliphatic carbocycles. The molecule has 0 radical (unpaired) electrons. The average molecular weight is 324 g/mol. The number of nitrogens with one attached hydrogen (secondary N) is 1. The highest BCUT2D eigenvalue weighted by atomic mass is 19.4. The Hall–Kier alpha value is -1.98. The number of rotatable bonds is 1. The predicted molar refractivity (Wildman–Crippen MR) is 84.8 cm³/mol. The third kappa shape index (κ3) is 2.94. The smallest absolute Gasteiger partial charge is 0.366 e. The third-order valence-corrected chi connectivity index (χ3v) is 4.62. The maximum Gasteiger partial charge on any atom is 0.417 e. The first-order valence-electron chi connectivity index (χ1n) is 7.80. The third-order valence-electron chi connectivity index (χ3n) is 4.62. The van der Waals surface area contributed by atoms with Crippen LogP contribution in [-0.4, -0.2) is 17.1 Å². The Morgan fingerprint density at radius 1 is 1.13 bits per heavy atom. The molecule has 124 valence electrons. The van der Waals surface area contributed by atoms with Gasteiger partial charge >= 0.3 is 6.18 Å². The Kier molecular flexibility index (Phi) is 3.86. The van der Waals surface area contributed by atoms with E-state index in [1.807, 2.05) is 0 Å². The molecule has 3 rings (SSSR count). The van der Waals surface area contributed by atoms with Crippen LogP contribution in [0.5, 0.6) is 0 Å². The van der Waals surface area contributed by atoms with E-state index < -0.39 is 17.3 Å². The maximum atomic E-state index is 13.3. The van der Waals surface area contributed by atoms with Crippen LogP contribution in [0.4, 0.5) is 18.9 Å². The summed E-state index contributed by atoms with van der Waals surface area (Å²) < 4.78 is 39.8. The van der Waals surface area contributed by atoms with Crippen LogP contribution >= 0.6 is 0 Å². The Morgan fingerprint density at radius 3 is 2.39 bits per heavy atom. The number of hydrogen-bond donors (Lipinski definition) is 1. The van der Waals surface area contributed by atoms with E-state index in [0.717, 1.165) is 24.9 Å². The van der Waals surface area contributed by atoms with Crippen molar-refractivity contribution < 1.29 is 13.2 Å². The molecule has 1 aromatic carbocycles. The quantitative estimate of drug-likeness (QED) is 0.848. The summed E-state index contributed by atoms with van der Waals surface area (Å²) in [5.74, 6) is 0. The number of aromatic amines is 1. The number of alkyl halides is 3. The van der Waals surface area contributed by atoms with Crippen molar-refractivity contribution in [2.75, 3.05) is 4.90 Å². The standard InChI is InChI=1S/C17H19F3N2O/c1-10-4-3-5-11(2)22(10)12-6-7-15-13(8-12)14(17(18,19)20)9-16(23)21-15/h6-11H,3-5H2,1-2H3,(H,21,23)/t10-,11+. The van der Waals surface area contributed by atoms with Gasteiger partial charge in [-0.1, -0.05) is 0 Å². The van der Waals surface area contributed by atoms with Gasteiger partial charge in [-0.2, -0.15) is 13.2 Å². The monoisotopic (exact) mass is 324 g/mol. The molecule has 1 aliphatic rings. The van der Waals surface area contributed by atoms with Gasteiger partial charge in [-0.3, -0.25) is 4.79 Å². The summed E-state index contributed by atoms with van der Waals surface area (Å²) in [6, 6.07) is 6.11. The molecule has 1 N–H and O–H groups in total. The summed E-state index contributed by atoms with van der Waals surface area (Å²) in [7, 11) is 0. The van der Waals surface area contributed by atoms with E-state index in [1.54, 1.807) is 18.2 Å². The summed E-state index contributed by atoms with van der Waals surface area (Å²) in [6.45, 7) is 4.19. The van der Waals surface area contributed by atoms with Crippen LogP contribution in [0.3, 0.4) is 0 Å². The highest BCUT2D eigenvalue weighted by molar-refractivity contribution is 5.86. The van der Waals surface area contributed by atoms with Gasteiger partial charge in [0.05, 0.1) is 5.56 Å². The molecule has 1 fully saturated rings.